The average molecular weight is 358 g/mol. The molecule has 2 aromatic rings. The van der Waals surface area contributed by atoms with Crippen molar-refractivity contribution in [2.45, 2.75) is 12.2 Å². The molecule has 0 spiro atoms. The quantitative estimate of drug-likeness (QED) is 0.874. The number of fused-ring (bicyclic) bond motifs is 1. The number of ether oxygens (including phenoxy) is 4. The summed E-state index contributed by atoms with van der Waals surface area (Å²) >= 11 is 0. The molecule has 0 radical (unpaired) electrons. The van der Waals surface area contributed by atoms with Gasteiger partial charge >= 0.3 is 0 Å². The molecule has 2 heterocycles. The van der Waals surface area contributed by atoms with E-state index in [2.05, 4.69) is 0 Å². The Morgan fingerprint density at radius 2 is 1.19 bits per heavy atom. The Balaban J connectivity index is 1.58. The van der Waals surface area contributed by atoms with E-state index in [9.17, 15) is 10.2 Å². The van der Waals surface area contributed by atoms with Gasteiger partial charge in [0.05, 0.1) is 39.6 Å². The third-order valence-corrected chi connectivity index (χ3v) is 5.33. The van der Waals surface area contributed by atoms with Crippen LogP contribution >= 0.6 is 0 Å². The first kappa shape index (κ1) is 17.0. The van der Waals surface area contributed by atoms with Gasteiger partial charge in [0.25, 0.3) is 0 Å². The van der Waals surface area contributed by atoms with Crippen LogP contribution < -0.4 is 9.47 Å². The molecule has 6 heteroatoms. The van der Waals surface area contributed by atoms with Crippen LogP contribution in [0.15, 0.2) is 36.4 Å². The normalized spacial score (nSPS) is 27.3. The Bertz CT molecular complexity index is 737. The van der Waals surface area contributed by atoms with E-state index in [4.69, 9.17) is 18.9 Å². The molecule has 0 bridgehead atoms. The van der Waals surface area contributed by atoms with E-state index >= 15 is 0 Å². The largest absolute Gasteiger partial charge is 0.504 e. The number of phenols is 2. The molecule has 0 aromatic heterocycles. The minimum Gasteiger partial charge on any atom is -0.504 e. The first-order valence-corrected chi connectivity index (χ1v) is 8.59. The van der Waals surface area contributed by atoms with Crippen molar-refractivity contribution in [3.05, 3.63) is 47.5 Å². The molecule has 2 aliphatic rings. The van der Waals surface area contributed by atoms with Crippen LogP contribution in [0.5, 0.6) is 23.0 Å². The number of hydrogen-bond donors (Lipinski definition) is 2. The van der Waals surface area contributed by atoms with E-state index in [0.717, 1.165) is 11.1 Å². The highest BCUT2D eigenvalue weighted by atomic mass is 16.5. The van der Waals surface area contributed by atoms with E-state index in [0.29, 0.717) is 24.7 Å². The summed E-state index contributed by atoms with van der Waals surface area (Å²) < 4.78 is 22.6. The maximum Gasteiger partial charge on any atom is 0.160 e. The maximum atomic E-state index is 9.80. The molecule has 6 nitrogen and oxygen atoms in total. The van der Waals surface area contributed by atoms with Gasteiger partial charge in [-0.2, -0.15) is 0 Å². The van der Waals surface area contributed by atoms with Crippen LogP contribution in [0.2, 0.25) is 0 Å². The van der Waals surface area contributed by atoms with Crippen molar-refractivity contribution in [2.24, 2.45) is 11.8 Å². The summed E-state index contributed by atoms with van der Waals surface area (Å²) in [4.78, 5) is 0. The molecule has 2 saturated heterocycles. The number of methoxy groups -OCH3 is 2. The SMILES string of the molecule is COc1cc([C@H]2OC[C@@H]3[C@@H]2CO[C@H]3c2ccc(O)c(OC)c2)ccc1O. The average Bonchev–Trinajstić information content (AvgIpc) is 3.25. The fourth-order valence-electron chi connectivity index (χ4n) is 3.98. The van der Waals surface area contributed by atoms with Crippen LogP contribution in [0, 0.1) is 11.8 Å². The Labute approximate surface area is 151 Å². The Morgan fingerprint density at radius 1 is 0.769 bits per heavy atom. The second kappa shape index (κ2) is 6.70. The van der Waals surface area contributed by atoms with E-state index < -0.39 is 0 Å². The molecule has 4 atom stereocenters. The van der Waals surface area contributed by atoms with Crippen LogP contribution in [0.25, 0.3) is 0 Å². The highest BCUT2D eigenvalue weighted by molar-refractivity contribution is 5.44. The van der Waals surface area contributed by atoms with Crippen LogP contribution in [-0.4, -0.2) is 37.6 Å². The lowest BCUT2D eigenvalue weighted by Crippen LogP contribution is -2.14. The molecule has 2 aromatic carbocycles. The molecular formula is C20H22O6. The number of phenolic OH excluding ortho intramolecular Hbond substituents is 2. The minimum atomic E-state index is -0.0986. The zero-order valence-corrected chi connectivity index (χ0v) is 14.7. The lowest BCUT2D eigenvalue weighted by molar-refractivity contribution is 0.0191. The van der Waals surface area contributed by atoms with E-state index in [1.165, 1.54) is 14.2 Å². The molecule has 26 heavy (non-hydrogen) atoms. The first-order valence-electron chi connectivity index (χ1n) is 8.59. The van der Waals surface area contributed by atoms with Crippen LogP contribution in [0.3, 0.4) is 0 Å². The monoisotopic (exact) mass is 358 g/mol. The topological polar surface area (TPSA) is 77.4 Å². The number of rotatable bonds is 4. The second-order valence-corrected chi connectivity index (χ2v) is 6.70. The lowest BCUT2D eigenvalue weighted by Gasteiger charge is -2.18. The highest BCUT2D eigenvalue weighted by Gasteiger charge is 2.48. The van der Waals surface area contributed by atoms with E-state index in [1.54, 1.807) is 12.1 Å². The van der Waals surface area contributed by atoms with Crippen molar-refractivity contribution in [3.63, 3.8) is 0 Å². The summed E-state index contributed by atoms with van der Waals surface area (Å²) in [5.41, 5.74) is 1.94. The van der Waals surface area contributed by atoms with Gasteiger partial charge in [-0.25, -0.2) is 0 Å². The molecule has 2 N–H and O–H groups in total. The van der Waals surface area contributed by atoms with Crippen molar-refractivity contribution < 1.29 is 29.2 Å². The van der Waals surface area contributed by atoms with Gasteiger partial charge < -0.3 is 29.2 Å². The van der Waals surface area contributed by atoms with Crippen LogP contribution in [-0.2, 0) is 9.47 Å². The number of hydrogen-bond acceptors (Lipinski definition) is 6. The summed E-state index contributed by atoms with van der Waals surface area (Å²) in [6, 6.07) is 10.6. The molecule has 0 aliphatic carbocycles. The number of aromatic hydroxyl groups is 2. The van der Waals surface area contributed by atoms with E-state index in [-0.39, 0.29) is 35.5 Å². The molecule has 0 saturated carbocycles. The summed E-state index contributed by atoms with van der Waals surface area (Å²) in [5, 5.41) is 19.6. The van der Waals surface area contributed by atoms with Crippen molar-refractivity contribution in [3.8, 4) is 23.0 Å². The maximum absolute atomic E-state index is 9.80. The van der Waals surface area contributed by atoms with Gasteiger partial charge in [0.1, 0.15) is 0 Å². The summed E-state index contributed by atoms with van der Waals surface area (Å²) in [5.74, 6) is 1.54. The lowest BCUT2D eigenvalue weighted by atomic mass is 9.85. The van der Waals surface area contributed by atoms with Crippen molar-refractivity contribution in [2.75, 3.05) is 27.4 Å². The zero-order valence-electron chi connectivity index (χ0n) is 14.7. The van der Waals surface area contributed by atoms with Gasteiger partial charge in [0.15, 0.2) is 23.0 Å². The fourth-order valence-corrected chi connectivity index (χ4v) is 3.98. The number of benzene rings is 2. The molecular weight excluding hydrogens is 336 g/mol. The van der Waals surface area contributed by atoms with Crippen LogP contribution in [0.1, 0.15) is 23.3 Å². The standard InChI is InChI=1S/C20H22O6/c1-23-17-7-11(3-5-15(17)21)19-13-9-26-20(14(13)10-25-19)12-4-6-16(22)18(8-12)24-2/h3-8,13-14,19-22H,9-10H2,1-2H3/t13-,14+,19+,20-. The molecule has 2 fully saturated rings. The third kappa shape index (κ3) is 2.75. The summed E-state index contributed by atoms with van der Waals surface area (Å²) in [6.07, 6.45) is -0.197. The van der Waals surface area contributed by atoms with Gasteiger partial charge in [0.2, 0.25) is 0 Å². The molecule has 2 aliphatic heterocycles. The highest BCUT2D eigenvalue weighted by Crippen LogP contribution is 2.51. The molecule has 0 amide bonds. The Kier molecular flexibility index (Phi) is 4.38. The molecule has 4 rings (SSSR count). The molecule has 0 unspecified atom stereocenters. The predicted octanol–water partition coefficient (Wildman–Crippen LogP) is 3.19. The zero-order chi connectivity index (χ0) is 18.3. The van der Waals surface area contributed by atoms with E-state index in [1.807, 2.05) is 24.3 Å². The summed E-state index contributed by atoms with van der Waals surface area (Å²) in [6.45, 7) is 1.18. The van der Waals surface area contributed by atoms with Gasteiger partial charge in [-0.05, 0) is 35.4 Å². The van der Waals surface area contributed by atoms with Crippen molar-refractivity contribution >= 4 is 0 Å². The second-order valence-electron chi connectivity index (χ2n) is 6.70. The van der Waals surface area contributed by atoms with Gasteiger partial charge in [-0.1, -0.05) is 12.1 Å². The summed E-state index contributed by atoms with van der Waals surface area (Å²) in [7, 11) is 3.06. The van der Waals surface area contributed by atoms with Gasteiger partial charge in [0, 0.05) is 11.8 Å². The smallest absolute Gasteiger partial charge is 0.160 e. The fraction of sp³-hybridized carbons (Fsp3) is 0.400. The van der Waals surface area contributed by atoms with Crippen molar-refractivity contribution in [1.29, 1.82) is 0 Å². The third-order valence-electron chi connectivity index (χ3n) is 5.33. The van der Waals surface area contributed by atoms with Gasteiger partial charge in [-0.15, -0.1) is 0 Å². The van der Waals surface area contributed by atoms with Gasteiger partial charge in [-0.3, -0.25) is 0 Å². The minimum absolute atomic E-state index is 0.0986. The first-order chi connectivity index (χ1) is 12.6. The van der Waals surface area contributed by atoms with Crippen molar-refractivity contribution in [1.82, 2.24) is 0 Å². The Morgan fingerprint density at radius 3 is 1.58 bits per heavy atom. The Hall–Kier alpha value is -2.44. The predicted molar refractivity (Wildman–Crippen MR) is 93.7 cm³/mol. The molecule has 138 valence electrons. The van der Waals surface area contributed by atoms with Crippen LogP contribution in [0.4, 0.5) is 0 Å².